The molecule has 0 aliphatic carbocycles. The first-order chi connectivity index (χ1) is 10.4. The van der Waals surface area contributed by atoms with Crippen LogP contribution in [0.3, 0.4) is 0 Å². The van der Waals surface area contributed by atoms with Crippen LogP contribution in [0.4, 0.5) is 0 Å². The van der Waals surface area contributed by atoms with Crippen LogP contribution >= 0.6 is 35.0 Å². The van der Waals surface area contributed by atoms with Crippen LogP contribution in [0, 0.1) is 5.92 Å². The SMILES string of the molecule is CC(C)CNC(=O)CN1C(=O)CS[C@@H]1c1ccc(Cl)c(Cl)c1. The van der Waals surface area contributed by atoms with Crippen molar-refractivity contribution in [3.05, 3.63) is 33.8 Å². The molecule has 0 bridgehead atoms. The number of hydrogen-bond donors (Lipinski definition) is 1. The van der Waals surface area contributed by atoms with Gasteiger partial charge in [-0.1, -0.05) is 43.1 Å². The Morgan fingerprint density at radius 3 is 2.77 bits per heavy atom. The summed E-state index contributed by atoms with van der Waals surface area (Å²) in [6.45, 7) is 4.71. The number of amides is 2. The predicted octanol–water partition coefficient (Wildman–Crippen LogP) is 3.34. The second-order valence-corrected chi connectivity index (χ2v) is 7.44. The van der Waals surface area contributed by atoms with Gasteiger partial charge >= 0.3 is 0 Å². The number of thioether (sulfide) groups is 1. The minimum atomic E-state index is -0.202. The minimum Gasteiger partial charge on any atom is -0.354 e. The van der Waals surface area contributed by atoms with Crippen LogP contribution in [0.25, 0.3) is 0 Å². The monoisotopic (exact) mass is 360 g/mol. The largest absolute Gasteiger partial charge is 0.354 e. The molecule has 1 N–H and O–H groups in total. The zero-order valence-corrected chi connectivity index (χ0v) is 14.8. The van der Waals surface area contributed by atoms with E-state index in [0.717, 1.165) is 5.56 Å². The Balaban J connectivity index is 2.09. The minimum absolute atomic E-state index is 0.0410. The standard InChI is InChI=1S/C15H18Cl2N2O2S/c1-9(2)6-18-13(20)7-19-14(21)8-22-15(19)10-3-4-11(16)12(17)5-10/h3-5,9,15H,6-8H2,1-2H3,(H,18,20)/t15-/m1/s1. The summed E-state index contributed by atoms with van der Waals surface area (Å²) in [7, 11) is 0. The lowest BCUT2D eigenvalue weighted by atomic mass is 10.2. The summed E-state index contributed by atoms with van der Waals surface area (Å²) in [5.41, 5.74) is 0.877. The molecule has 4 nitrogen and oxygen atoms in total. The van der Waals surface area contributed by atoms with E-state index in [4.69, 9.17) is 23.2 Å². The van der Waals surface area contributed by atoms with Crippen LogP contribution in [0.1, 0.15) is 24.8 Å². The van der Waals surface area contributed by atoms with Crippen molar-refractivity contribution in [2.45, 2.75) is 19.2 Å². The Morgan fingerprint density at radius 2 is 2.14 bits per heavy atom. The molecule has 1 aromatic carbocycles. The topological polar surface area (TPSA) is 49.4 Å². The molecule has 1 aliphatic rings. The van der Waals surface area contributed by atoms with Gasteiger partial charge in [0.25, 0.3) is 0 Å². The van der Waals surface area contributed by atoms with E-state index in [0.29, 0.717) is 28.3 Å². The number of nitrogens with one attached hydrogen (secondary N) is 1. The highest BCUT2D eigenvalue weighted by molar-refractivity contribution is 8.00. The maximum Gasteiger partial charge on any atom is 0.239 e. The van der Waals surface area contributed by atoms with Crippen LogP contribution < -0.4 is 5.32 Å². The van der Waals surface area contributed by atoms with E-state index in [1.165, 1.54) is 11.8 Å². The van der Waals surface area contributed by atoms with Crippen LogP contribution in [0.2, 0.25) is 10.0 Å². The molecule has 0 radical (unpaired) electrons. The Hall–Kier alpha value is -0.910. The number of rotatable bonds is 5. The molecule has 22 heavy (non-hydrogen) atoms. The summed E-state index contributed by atoms with van der Waals surface area (Å²) < 4.78 is 0. The third-order valence-corrected chi connectivity index (χ3v) is 5.21. The molecular weight excluding hydrogens is 343 g/mol. The van der Waals surface area contributed by atoms with Gasteiger partial charge in [0.05, 0.1) is 15.8 Å². The zero-order valence-electron chi connectivity index (χ0n) is 12.4. The molecule has 0 saturated carbocycles. The molecule has 1 saturated heterocycles. The number of nitrogens with zero attached hydrogens (tertiary/aromatic N) is 1. The summed E-state index contributed by atoms with van der Waals surface area (Å²) in [5, 5.41) is 3.55. The summed E-state index contributed by atoms with van der Waals surface area (Å²) in [5.74, 6) is 0.552. The van der Waals surface area contributed by atoms with E-state index in [1.807, 2.05) is 19.9 Å². The van der Waals surface area contributed by atoms with E-state index in [2.05, 4.69) is 5.32 Å². The maximum atomic E-state index is 12.0. The molecule has 0 aromatic heterocycles. The fraction of sp³-hybridized carbons (Fsp3) is 0.467. The predicted molar refractivity (Wildman–Crippen MR) is 91.2 cm³/mol. The Labute approximate surface area is 144 Å². The first-order valence-corrected chi connectivity index (χ1v) is 8.81. The molecule has 120 valence electrons. The van der Waals surface area contributed by atoms with Crippen LogP contribution in [-0.2, 0) is 9.59 Å². The molecule has 1 aromatic rings. The van der Waals surface area contributed by atoms with Gasteiger partial charge in [-0.05, 0) is 23.6 Å². The van der Waals surface area contributed by atoms with Crippen molar-refractivity contribution in [3.63, 3.8) is 0 Å². The highest BCUT2D eigenvalue weighted by atomic mass is 35.5. The Morgan fingerprint density at radius 1 is 1.41 bits per heavy atom. The number of carbonyl (C=O) groups excluding carboxylic acids is 2. The van der Waals surface area contributed by atoms with E-state index in [9.17, 15) is 9.59 Å². The average molecular weight is 361 g/mol. The van der Waals surface area contributed by atoms with Gasteiger partial charge in [0.2, 0.25) is 11.8 Å². The van der Waals surface area contributed by atoms with Gasteiger partial charge in [0.1, 0.15) is 11.9 Å². The quantitative estimate of drug-likeness (QED) is 0.875. The van der Waals surface area contributed by atoms with E-state index < -0.39 is 0 Å². The third-order valence-electron chi connectivity index (χ3n) is 3.22. The number of hydrogen-bond acceptors (Lipinski definition) is 3. The van der Waals surface area contributed by atoms with Gasteiger partial charge in [0.15, 0.2) is 0 Å². The van der Waals surface area contributed by atoms with Crippen molar-refractivity contribution in [2.75, 3.05) is 18.8 Å². The number of benzene rings is 1. The Bertz CT molecular complexity index is 581. The van der Waals surface area contributed by atoms with Crippen LogP contribution in [0.5, 0.6) is 0 Å². The summed E-state index contributed by atoms with van der Waals surface area (Å²) in [4.78, 5) is 25.6. The maximum absolute atomic E-state index is 12.0. The molecule has 2 amide bonds. The smallest absolute Gasteiger partial charge is 0.239 e. The average Bonchev–Trinajstić information content (AvgIpc) is 2.81. The number of carbonyl (C=O) groups is 2. The van der Waals surface area contributed by atoms with Crippen molar-refractivity contribution in [3.8, 4) is 0 Å². The van der Waals surface area contributed by atoms with E-state index in [1.54, 1.807) is 17.0 Å². The van der Waals surface area contributed by atoms with Crippen molar-refractivity contribution in [1.29, 1.82) is 0 Å². The van der Waals surface area contributed by atoms with Gasteiger partial charge in [0, 0.05) is 6.54 Å². The molecule has 1 aliphatic heterocycles. The molecule has 2 rings (SSSR count). The summed E-state index contributed by atoms with van der Waals surface area (Å²) >= 11 is 13.5. The highest BCUT2D eigenvalue weighted by Crippen LogP contribution is 2.40. The van der Waals surface area contributed by atoms with Crippen molar-refractivity contribution < 1.29 is 9.59 Å². The molecule has 1 atom stereocenters. The second kappa shape index (κ2) is 7.57. The Kier molecular flexibility index (Phi) is 6.01. The van der Waals surface area contributed by atoms with Crippen LogP contribution in [-0.4, -0.2) is 35.6 Å². The lowest BCUT2D eigenvalue weighted by molar-refractivity contribution is -0.133. The normalized spacial score (nSPS) is 18.1. The molecule has 0 spiro atoms. The highest BCUT2D eigenvalue weighted by Gasteiger charge is 2.34. The van der Waals surface area contributed by atoms with Gasteiger partial charge in [-0.25, -0.2) is 0 Å². The molecule has 0 unspecified atom stereocenters. The molecule has 7 heteroatoms. The van der Waals surface area contributed by atoms with Gasteiger partial charge in [-0.3, -0.25) is 9.59 Å². The fourth-order valence-electron chi connectivity index (χ4n) is 2.10. The summed E-state index contributed by atoms with van der Waals surface area (Å²) in [6, 6.07) is 5.29. The molecule has 1 fully saturated rings. The van der Waals surface area contributed by atoms with E-state index >= 15 is 0 Å². The van der Waals surface area contributed by atoms with Crippen molar-refractivity contribution in [2.24, 2.45) is 5.92 Å². The first kappa shape index (κ1) is 17.4. The third kappa shape index (κ3) is 4.31. The van der Waals surface area contributed by atoms with Gasteiger partial charge < -0.3 is 10.2 Å². The van der Waals surface area contributed by atoms with Crippen molar-refractivity contribution >= 4 is 46.8 Å². The second-order valence-electron chi connectivity index (χ2n) is 5.56. The first-order valence-electron chi connectivity index (χ1n) is 7.01. The lowest BCUT2D eigenvalue weighted by Gasteiger charge is -2.24. The van der Waals surface area contributed by atoms with Gasteiger partial charge in [-0.2, -0.15) is 0 Å². The van der Waals surface area contributed by atoms with E-state index in [-0.39, 0.29) is 23.7 Å². The fourth-order valence-corrected chi connectivity index (χ4v) is 3.58. The molecule has 1 heterocycles. The molecular formula is C15H18Cl2N2O2S. The van der Waals surface area contributed by atoms with Crippen molar-refractivity contribution in [1.82, 2.24) is 10.2 Å². The number of halogens is 2. The van der Waals surface area contributed by atoms with Crippen LogP contribution in [0.15, 0.2) is 18.2 Å². The lowest BCUT2D eigenvalue weighted by Crippen LogP contribution is -2.40. The zero-order chi connectivity index (χ0) is 16.3. The summed E-state index contributed by atoms with van der Waals surface area (Å²) in [6.07, 6.45) is 0. The van der Waals surface area contributed by atoms with Gasteiger partial charge in [-0.15, -0.1) is 11.8 Å².